The summed E-state index contributed by atoms with van der Waals surface area (Å²) in [6.45, 7) is 3.50. The van der Waals surface area contributed by atoms with Gasteiger partial charge >= 0.3 is 0 Å². The highest BCUT2D eigenvalue weighted by Crippen LogP contribution is 2.08. The van der Waals surface area contributed by atoms with E-state index in [0.717, 1.165) is 31.7 Å². The van der Waals surface area contributed by atoms with Gasteiger partial charge in [-0.05, 0) is 38.1 Å². The van der Waals surface area contributed by atoms with Gasteiger partial charge in [0.1, 0.15) is 12.4 Å². The monoisotopic (exact) mass is 292 g/mol. The van der Waals surface area contributed by atoms with Crippen molar-refractivity contribution in [3.8, 4) is 5.75 Å². The summed E-state index contributed by atoms with van der Waals surface area (Å²) in [6.07, 6.45) is 2.79. The highest BCUT2D eigenvalue weighted by atomic mass is 16.5. The Balaban J connectivity index is 1.47. The number of carbonyl (C=O) groups excluding carboxylic acids is 1. The maximum atomic E-state index is 11.6. The van der Waals surface area contributed by atoms with Gasteiger partial charge in [-0.3, -0.25) is 4.79 Å². The van der Waals surface area contributed by atoms with Crippen molar-refractivity contribution in [1.82, 2.24) is 10.6 Å². The quantitative estimate of drug-likeness (QED) is 0.710. The van der Waals surface area contributed by atoms with Gasteiger partial charge in [-0.25, -0.2) is 0 Å². The molecule has 1 aliphatic rings. The fraction of sp³-hybridized carbons (Fsp3) is 0.562. The van der Waals surface area contributed by atoms with E-state index in [2.05, 4.69) is 10.6 Å². The van der Waals surface area contributed by atoms with Crippen molar-refractivity contribution in [1.29, 1.82) is 0 Å². The minimum Gasteiger partial charge on any atom is -0.492 e. The molecule has 0 atom stereocenters. The largest absolute Gasteiger partial charge is 0.492 e. The molecule has 0 aromatic heterocycles. The second-order valence-electron chi connectivity index (χ2n) is 5.08. The summed E-state index contributed by atoms with van der Waals surface area (Å²) in [5.41, 5.74) is 0. The molecule has 1 heterocycles. The van der Waals surface area contributed by atoms with Gasteiger partial charge in [0.15, 0.2) is 0 Å². The molecule has 0 saturated carbocycles. The van der Waals surface area contributed by atoms with Gasteiger partial charge in [0.05, 0.1) is 19.3 Å². The van der Waals surface area contributed by atoms with E-state index in [9.17, 15) is 4.79 Å². The second-order valence-corrected chi connectivity index (χ2v) is 5.08. The number of benzene rings is 1. The summed E-state index contributed by atoms with van der Waals surface area (Å²) < 4.78 is 11.2. The van der Waals surface area contributed by atoms with E-state index in [0.29, 0.717) is 32.3 Å². The summed E-state index contributed by atoms with van der Waals surface area (Å²) >= 11 is 0. The van der Waals surface area contributed by atoms with Crippen LogP contribution in [0, 0.1) is 0 Å². The summed E-state index contributed by atoms with van der Waals surface area (Å²) in [5, 5.41) is 6.12. The first-order valence-corrected chi connectivity index (χ1v) is 7.61. The van der Waals surface area contributed by atoms with E-state index in [4.69, 9.17) is 9.47 Å². The van der Waals surface area contributed by atoms with E-state index >= 15 is 0 Å². The Hall–Kier alpha value is -1.59. The van der Waals surface area contributed by atoms with E-state index in [1.54, 1.807) is 0 Å². The lowest BCUT2D eigenvalue weighted by atomic mass is 10.1. The van der Waals surface area contributed by atoms with Crippen molar-refractivity contribution in [2.24, 2.45) is 0 Å². The minimum absolute atomic E-state index is 0.0144. The van der Waals surface area contributed by atoms with Crippen LogP contribution in [-0.2, 0) is 9.53 Å². The van der Waals surface area contributed by atoms with Crippen LogP contribution in [0.25, 0.3) is 0 Å². The molecule has 0 aliphatic carbocycles. The Kier molecular flexibility index (Phi) is 7.04. The first kappa shape index (κ1) is 15.8. The predicted octanol–water partition coefficient (Wildman–Crippen LogP) is 1.34. The van der Waals surface area contributed by atoms with Crippen LogP contribution in [0.1, 0.15) is 19.3 Å². The Morgan fingerprint density at radius 1 is 1.19 bits per heavy atom. The Labute approximate surface area is 126 Å². The third kappa shape index (κ3) is 6.60. The molecule has 21 heavy (non-hydrogen) atoms. The molecule has 1 fully saturated rings. The highest BCUT2D eigenvalue weighted by molar-refractivity contribution is 5.75. The van der Waals surface area contributed by atoms with E-state index in [-0.39, 0.29) is 5.91 Å². The highest BCUT2D eigenvalue weighted by Gasteiger charge is 2.13. The van der Waals surface area contributed by atoms with Crippen molar-refractivity contribution >= 4 is 5.91 Å². The average molecular weight is 292 g/mol. The van der Waals surface area contributed by atoms with Gasteiger partial charge in [0.25, 0.3) is 0 Å². The van der Waals surface area contributed by atoms with E-state index in [1.807, 2.05) is 30.3 Å². The summed E-state index contributed by atoms with van der Waals surface area (Å²) in [4.78, 5) is 11.6. The molecule has 2 N–H and O–H groups in total. The van der Waals surface area contributed by atoms with E-state index < -0.39 is 0 Å². The molecule has 0 radical (unpaired) electrons. The molecule has 1 amide bonds. The van der Waals surface area contributed by atoms with Gasteiger partial charge < -0.3 is 20.1 Å². The molecule has 116 valence electrons. The number of hydrogen-bond acceptors (Lipinski definition) is 4. The zero-order chi connectivity index (χ0) is 14.8. The van der Waals surface area contributed by atoms with Gasteiger partial charge in [-0.2, -0.15) is 0 Å². The fourth-order valence-corrected chi connectivity index (χ4v) is 2.24. The van der Waals surface area contributed by atoms with Crippen LogP contribution in [0.15, 0.2) is 30.3 Å². The molecule has 1 aromatic rings. The number of piperidine rings is 1. The van der Waals surface area contributed by atoms with Crippen molar-refractivity contribution < 1.29 is 14.3 Å². The van der Waals surface area contributed by atoms with Gasteiger partial charge in [0, 0.05) is 6.42 Å². The van der Waals surface area contributed by atoms with Gasteiger partial charge in [-0.15, -0.1) is 0 Å². The number of ether oxygens (including phenoxy) is 2. The van der Waals surface area contributed by atoms with E-state index in [1.165, 1.54) is 0 Å². The lowest BCUT2D eigenvalue weighted by Gasteiger charge is -2.22. The fourth-order valence-electron chi connectivity index (χ4n) is 2.24. The number of carbonyl (C=O) groups is 1. The Morgan fingerprint density at radius 2 is 1.95 bits per heavy atom. The van der Waals surface area contributed by atoms with Crippen LogP contribution < -0.4 is 15.4 Å². The van der Waals surface area contributed by atoms with Gasteiger partial charge in [-0.1, -0.05) is 18.2 Å². The molecule has 1 aliphatic heterocycles. The molecule has 0 bridgehead atoms. The number of para-hydroxylation sites is 1. The molecular formula is C16H24N2O3. The number of rotatable bonds is 8. The standard InChI is InChI=1S/C16H24N2O3/c19-16(8-12-20-15-6-9-17-10-7-15)18-11-13-21-14-4-2-1-3-5-14/h1-5,15,17H,6-13H2,(H,18,19). The van der Waals surface area contributed by atoms with Crippen LogP contribution in [-0.4, -0.2) is 44.9 Å². The van der Waals surface area contributed by atoms with Crippen LogP contribution in [0.5, 0.6) is 5.75 Å². The molecule has 5 heteroatoms. The third-order valence-electron chi connectivity index (χ3n) is 3.41. The SMILES string of the molecule is O=C(CCOC1CCNCC1)NCCOc1ccccc1. The number of hydrogen-bond donors (Lipinski definition) is 2. The predicted molar refractivity (Wildman–Crippen MR) is 81.4 cm³/mol. The topological polar surface area (TPSA) is 59.6 Å². The summed E-state index contributed by atoms with van der Waals surface area (Å²) in [5.74, 6) is 0.835. The minimum atomic E-state index is 0.0144. The zero-order valence-electron chi connectivity index (χ0n) is 12.3. The van der Waals surface area contributed by atoms with Crippen molar-refractivity contribution in [2.45, 2.75) is 25.4 Å². The molecule has 2 rings (SSSR count). The molecular weight excluding hydrogens is 268 g/mol. The van der Waals surface area contributed by atoms with Crippen molar-refractivity contribution in [2.75, 3.05) is 32.8 Å². The maximum absolute atomic E-state index is 11.6. The number of amides is 1. The van der Waals surface area contributed by atoms with Crippen LogP contribution >= 0.6 is 0 Å². The van der Waals surface area contributed by atoms with Crippen molar-refractivity contribution in [3.63, 3.8) is 0 Å². The Morgan fingerprint density at radius 3 is 2.71 bits per heavy atom. The first-order chi connectivity index (χ1) is 10.3. The second kappa shape index (κ2) is 9.37. The summed E-state index contributed by atoms with van der Waals surface area (Å²) in [6, 6.07) is 9.58. The molecule has 1 saturated heterocycles. The van der Waals surface area contributed by atoms with Crippen LogP contribution in [0.2, 0.25) is 0 Å². The van der Waals surface area contributed by atoms with Crippen LogP contribution in [0.3, 0.4) is 0 Å². The van der Waals surface area contributed by atoms with Crippen molar-refractivity contribution in [3.05, 3.63) is 30.3 Å². The lowest BCUT2D eigenvalue weighted by Crippen LogP contribution is -2.34. The molecule has 0 unspecified atom stereocenters. The van der Waals surface area contributed by atoms with Gasteiger partial charge in [0.2, 0.25) is 5.91 Å². The smallest absolute Gasteiger partial charge is 0.222 e. The zero-order valence-corrected chi connectivity index (χ0v) is 12.3. The van der Waals surface area contributed by atoms with Crippen LogP contribution in [0.4, 0.5) is 0 Å². The molecule has 0 spiro atoms. The maximum Gasteiger partial charge on any atom is 0.222 e. The molecule has 5 nitrogen and oxygen atoms in total. The Bertz CT molecular complexity index is 405. The third-order valence-corrected chi connectivity index (χ3v) is 3.41. The lowest BCUT2D eigenvalue weighted by molar-refractivity contribution is -0.122. The number of nitrogens with one attached hydrogen (secondary N) is 2. The first-order valence-electron chi connectivity index (χ1n) is 7.61. The summed E-state index contributed by atoms with van der Waals surface area (Å²) in [7, 11) is 0. The normalized spacial score (nSPS) is 15.6. The average Bonchev–Trinajstić information content (AvgIpc) is 2.54. The molecule has 1 aromatic carbocycles.